The summed E-state index contributed by atoms with van der Waals surface area (Å²) < 4.78 is 6.98. The molecule has 0 bridgehead atoms. The Hall–Kier alpha value is -1.65. The summed E-state index contributed by atoms with van der Waals surface area (Å²) in [6, 6.07) is 16.5. The lowest BCUT2D eigenvalue weighted by Gasteiger charge is -2.27. The first kappa shape index (κ1) is 16.2. The molecule has 2 aromatic carbocycles. The summed E-state index contributed by atoms with van der Waals surface area (Å²) in [5.74, 6) is 0.447. The van der Waals surface area contributed by atoms with Crippen LogP contribution in [0, 0.1) is 5.92 Å². The molecule has 1 N–H and O–H groups in total. The molecule has 0 aliphatic carbocycles. The monoisotopic (exact) mass is 372 g/mol. The number of nitrogens with one attached hydrogen (secondary N) is 1. The minimum absolute atomic E-state index is 0.176. The van der Waals surface area contributed by atoms with Crippen molar-refractivity contribution in [3.63, 3.8) is 0 Å². The number of ether oxygens (including phenoxy) is 1. The van der Waals surface area contributed by atoms with Crippen molar-refractivity contribution in [2.24, 2.45) is 10.9 Å². The molecule has 1 fully saturated rings. The van der Waals surface area contributed by atoms with Gasteiger partial charge in [-0.2, -0.15) is 0 Å². The maximum atomic E-state index is 5.93. The predicted molar refractivity (Wildman–Crippen MR) is 99.7 cm³/mol. The topological polar surface area (TPSA) is 33.6 Å². The van der Waals surface area contributed by atoms with Crippen molar-refractivity contribution < 1.29 is 4.74 Å². The lowest BCUT2D eigenvalue weighted by molar-refractivity contribution is 0.00370. The van der Waals surface area contributed by atoms with Gasteiger partial charge in [0.05, 0.1) is 17.5 Å². The molecule has 0 amide bonds. The second-order valence-electron chi connectivity index (χ2n) is 5.74. The van der Waals surface area contributed by atoms with Gasteiger partial charge in [0.2, 0.25) is 0 Å². The van der Waals surface area contributed by atoms with Crippen LogP contribution in [0.5, 0.6) is 0 Å². The minimum Gasteiger partial charge on any atom is -0.386 e. The average molecular weight is 373 g/mol. The van der Waals surface area contributed by atoms with Gasteiger partial charge in [-0.05, 0) is 42.5 Å². The second kappa shape index (κ2) is 7.75. The van der Waals surface area contributed by atoms with Crippen LogP contribution < -0.4 is 5.32 Å². The van der Waals surface area contributed by atoms with E-state index >= 15 is 0 Å². The molecule has 1 aliphatic heterocycles. The van der Waals surface area contributed by atoms with Gasteiger partial charge < -0.3 is 10.1 Å². The molecule has 2 unspecified atom stereocenters. The van der Waals surface area contributed by atoms with E-state index in [9.17, 15) is 0 Å². The molecule has 23 heavy (non-hydrogen) atoms. The fraction of sp³-hybridized carbons (Fsp3) is 0.316. The lowest BCUT2D eigenvalue weighted by atomic mass is 9.93. The molecule has 0 saturated carbocycles. The van der Waals surface area contributed by atoms with E-state index in [1.54, 1.807) is 0 Å². The largest absolute Gasteiger partial charge is 0.386 e. The molecular formula is C19H21BrN2O. The van der Waals surface area contributed by atoms with E-state index < -0.39 is 0 Å². The number of hydrogen-bond acceptors (Lipinski definition) is 3. The number of hydrogen-bond donors (Lipinski definition) is 1. The minimum atomic E-state index is 0.176. The third-order valence-electron chi connectivity index (χ3n) is 4.15. The molecule has 2 atom stereocenters. The van der Waals surface area contributed by atoms with E-state index in [4.69, 9.17) is 9.73 Å². The van der Waals surface area contributed by atoms with Gasteiger partial charge in [-0.15, -0.1) is 0 Å². The van der Waals surface area contributed by atoms with Crippen LogP contribution in [0.25, 0.3) is 0 Å². The van der Waals surface area contributed by atoms with Crippen molar-refractivity contribution in [3.05, 3.63) is 58.6 Å². The average Bonchev–Trinajstić information content (AvgIpc) is 2.61. The number of aliphatic imine (C=N–C) groups is 1. The quantitative estimate of drug-likeness (QED) is 0.732. The van der Waals surface area contributed by atoms with Crippen LogP contribution in [0.1, 0.15) is 24.5 Å². The third kappa shape index (κ3) is 4.21. The summed E-state index contributed by atoms with van der Waals surface area (Å²) in [5.41, 5.74) is 3.26. The Morgan fingerprint density at radius 1 is 1.22 bits per heavy atom. The van der Waals surface area contributed by atoms with Gasteiger partial charge in [0.15, 0.2) is 0 Å². The highest BCUT2D eigenvalue weighted by Crippen LogP contribution is 2.32. The van der Waals surface area contributed by atoms with Crippen LogP contribution in [0.2, 0.25) is 0 Å². The Balaban J connectivity index is 1.70. The highest BCUT2D eigenvalue weighted by molar-refractivity contribution is 9.10. The molecule has 1 heterocycles. The first-order chi connectivity index (χ1) is 11.3. The fourth-order valence-corrected chi connectivity index (χ4v) is 3.23. The Labute approximate surface area is 145 Å². The van der Waals surface area contributed by atoms with Crippen molar-refractivity contribution >= 4 is 33.5 Å². The van der Waals surface area contributed by atoms with Gasteiger partial charge >= 0.3 is 0 Å². The predicted octanol–water partition coefficient (Wildman–Crippen LogP) is 5.36. The van der Waals surface area contributed by atoms with E-state index in [0.29, 0.717) is 5.92 Å². The smallest absolute Gasteiger partial charge is 0.0857 e. The van der Waals surface area contributed by atoms with Gasteiger partial charge in [-0.1, -0.05) is 46.3 Å². The van der Waals surface area contributed by atoms with E-state index in [1.807, 2.05) is 31.3 Å². The summed E-state index contributed by atoms with van der Waals surface area (Å²) >= 11 is 3.49. The Kier molecular flexibility index (Phi) is 5.47. The summed E-state index contributed by atoms with van der Waals surface area (Å²) in [7, 11) is 1.92. The Morgan fingerprint density at radius 3 is 2.83 bits per heavy atom. The van der Waals surface area contributed by atoms with Crippen molar-refractivity contribution in [2.45, 2.75) is 18.9 Å². The molecule has 3 rings (SSSR count). The number of halogens is 1. The van der Waals surface area contributed by atoms with Crippen molar-refractivity contribution in [2.75, 3.05) is 19.0 Å². The van der Waals surface area contributed by atoms with Crippen LogP contribution >= 0.6 is 15.9 Å². The maximum absolute atomic E-state index is 5.93. The summed E-state index contributed by atoms with van der Waals surface area (Å²) in [5, 5.41) is 3.19. The van der Waals surface area contributed by atoms with Crippen LogP contribution in [0.3, 0.4) is 0 Å². The first-order valence-electron chi connectivity index (χ1n) is 7.94. The van der Waals surface area contributed by atoms with Gasteiger partial charge in [0.25, 0.3) is 0 Å². The molecule has 120 valence electrons. The van der Waals surface area contributed by atoms with Gasteiger partial charge in [0.1, 0.15) is 0 Å². The Bertz CT molecular complexity index is 672. The standard InChI is InChI=1S/C19H21BrN2O/c1-21-18-12-16(20)7-8-17(18)22-13-14-9-10-23-19(11-14)15-5-3-2-4-6-15/h2-8,12-14,19,21H,9-11H2,1H3. The number of benzene rings is 2. The van der Waals surface area contributed by atoms with Crippen LogP contribution in [-0.2, 0) is 4.74 Å². The highest BCUT2D eigenvalue weighted by atomic mass is 79.9. The molecule has 4 heteroatoms. The molecule has 1 aliphatic rings. The van der Waals surface area contributed by atoms with Gasteiger partial charge in [0, 0.05) is 24.3 Å². The van der Waals surface area contributed by atoms with E-state index in [1.165, 1.54) is 5.56 Å². The molecule has 0 aromatic heterocycles. The lowest BCUT2D eigenvalue weighted by Crippen LogP contribution is -2.20. The number of nitrogens with zero attached hydrogens (tertiary/aromatic N) is 1. The zero-order valence-electron chi connectivity index (χ0n) is 13.2. The van der Waals surface area contributed by atoms with Crippen LogP contribution in [0.15, 0.2) is 58.0 Å². The number of rotatable bonds is 4. The number of anilines is 1. The fourth-order valence-electron chi connectivity index (χ4n) is 2.86. The van der Waals surface area contributed by atoms with Crippen LogP contribution in [-0.4, -0.2) is 19.9 Å². The highest BCUT2D eigenvalue weighted by Gasteiger charge is 2.22. The normalized spacial score (nSPS) is 21.5. The zero-order chi connectivity index (χ0) is 16.1. The molecule has 0 radical (unpaired) electrons. The summed E-state index contributed by atoms with van der Waals surface area (Å²) in [6.07, 6.45) is 4.27. The third-order valence-corrected chi connectivity index (χ3v) is 4.64. The zero-order valence-corrected chi connectivity index (χ0v) is 14.8. The molecule has 2 aromatic rings. The first-order valence-corrected chi connectivity index (χ1v) is 8.73. The van der Waals surface area contributed by atoms with Crippen molar-refractivity contribution in [3.8, 4) is 0 Å². The van der Waals surface area contributed by atoms with Gasteiger partial charge in [-0.3, -0.25) is 4.99 Å². The summed E-state index contributed by atoms with van der Waals surface area (Å²) in [4.78, 5) is 4.71. The molecule has 1 saturated heterocycles. The second-order valence-corrected chi connectivity index (χ2v) is 6.66. The summed E-state index contributed by atoms with van der Waals surface area (Å²) in [6.45, 7) is 0.787. The SMILES string of the molecule is CNc1cc(Br)ccc1N=CC1CCOC(c2ccccc2)C1. The van der Waals surface area contributed by atoms with Crippen molar-refractivity contribution in [1.82, 2.24) is 0 Å². The van der Waals surface area contributed by atoms with E-state index in [2.05, 4.69) is 51.7 Å². The van der Waals surface area contributed by atoms with E-state index in [0.717, 1.165) is 35.3 Å². The molecular weight excluding hydrogens is 352 g/mol. The maximum Gasteiger partial charge on any atom is 0.0857 e. The van der Waals surface area contributed by atoms with Gasteiger partial charge in [-0.25, -0.2) is 0 Å². The van der Waals surface area contributed by atoms with Crippen molar-refractivity contribution in [1.29, 1.82) is 0 Å². The van der Waals surface area contributed by atoms with E-state index in [-0.39, 0.29) is 6.10 Å². The van der Waals surface area contributed by atoms with Crippen LogP contribution in [0.4, 0.5) is 11.4 Å². The molecule has 3 nitrogen and oxygen atoms in total. The molecule has 0 spiro atoms. The Morgan fingerprint density at radius 2 is 2.04 bits per heavy atom.